The van der Waals surface area contributed by atoms with E-state index < -0.39 is 5.82 Å². The highest BCUT2D eigenvalue weighted by Crippen LogP contribution is 2.29. The maximum absolute atomic E-state index is 14.6. The Balaban J connectivity index is 0.000000301. The van der Waals surface area contributed by atoms with Gasteiger partial charge >= 0.3 is 0 Å². The van der Waals surface area contributed by atoms with Crippen molar-refractivity contribution < 1.29 is 8.87 Å². The predicted molar refractivity (Wildman–Crippen MR) is 146 cm³/mol. The summed E-state index contributed by atoms with van der Waals surface area (Å²) in [6.45, 7) is 1.83. The molecule has 0 aliphatic heterocycles. The smallest absolute Gasteiger partial charge is 0.251 e. The first-order valence-electron chi connectivity index (χ1n) is 12.2. The molecule has 1 saturated carbocycles. The zero-order valence-corrected chi connectivity index (χ0v) is 22.0. The Kier molecular flexibility index (Phi) is 9.19. The Labute approximate surface area is 220 Å². The second-order valence-electron chi connectivity index (χ2n) is 9.19. The van der Waals surface area contributed by atoms with Gasteiger partial charge in [-0.15, -0.1) is 4.48 Å². The van der Waals surface area contributed by atoms with Crippen molar-refractivity contribution in [3.8, 4) is 11.3 Å². The minimum Gasteiger partial charge on any atom is -0.323 e. The fourth-order valence-electron chi connectivity index (χ4n) is 4.25. The molecule has 194 valence electrons. The lowest BCUT2D eigenvalue weighted by Gasteiger charge is -2.27. The molecular formula is C27H31F2N7S. The van der Waals surface area contributed by atoms with Crippen LogP contribution in [0.25, 0.3) is 22.3 Å². The van der Waals surface area contributed by atoms with Crippen LogP contribution in [-0.2, 0) is 0 Å². The Bertz CT molecular complexity index is 1320. The normalized spacial score (nSPS) is 13.8. The third-order valence-corrected chi connectivity index (χ3v) is 7.10. The van der Waals surface area contributed by atoms with Crippen molar-refractivity contribution >= 4 is 34.6 Å². The summed E-state index contributed by atoms with van der Waals surface area (Å²) in [5, 5.41) is 0. The van der Waals surface area contributed by atoms with Gasteiger partial charge in [0.2, 0.25) is 0 Å². The number of benzene rings is 1. The highest BCUT2D eigenvalue weighted by molar-refractivity contribution is 8.00. The van der Waals surface area contributed by atoms with Crippen molar-refractivity contribution in [1.82, 2.24) is 24.8 Å². The number of nitrogens with zero attached hydrogens (tertiary/aromatic N) is 5. The minimum absolute atomic E-state index is 0.127. The Morgan fingerprint density at radius 1 is 1.03 bits per heavy atom. The lowest BCUT2D eigenvalue weighted by Crippen LogP contribution is -2.29. The molecule has 0 spiro atoms. The van der Waals surface area contributed by atoms with Crippen molar-refractivity contribution in [3.63, 3.8) is 0 Å². The van der Waals surface area contributed by atoms with Crippen molar-refractivity contribution in [2.45, 2.75) is 50.0 Å². The van der Waals surface area contributed by atoms with Crippen molar-refractivity contribution in [1.29, 1.82) is 0 Å². The number of fused-ring (bicyclic) bond motifs is 1. The van der Waals surface area contributed by atoms with E-state index in [1.165, 1.54) is 61.9 Å². The van der Waals surface area contributed by atoms with Crippen LogP contribution >= 0.6 is 11.9 Å². The van der Waals surface area contributed by atoms with Gasteiger partial charge in [-0.2, -0.15) is 5.54 Å². The molecule has 37 heavy (non-hydrogen) atoms. The molecule has 0 bridgehead atoms. The van der Waals surface area contributed by atoms with Crippen molar-refractivity contribution in [3.05, 3.63) is 66.4 Å². The van der Waals surface area contributed by atoms with Crippen LogP contribution in [0.15, 0.2) is 59.9 Å². The molecule has 5 rings (SSSR count). The predicted octanol–water partition coefficient (Wildman–Crippen LogP) is 6.83. The molecular weight excluding hydrogens is 492 g/mol. The van der Waals surface area contributed by atoms with Gasteiger partial charge in [-0.05, 0) is 81.7 Å². The van der Waals surface area contributed by atoms with Crippen molar-refractivity contribution in [2.24, 2.45) is 0 Å². The summed E-state index contributed by atoms with van der Waals surface area (Å²) in [6, 6.07) is 11.2. The molecule has 0 atom stereocenters. The van der Waals surface area contributed by atoms with Crippen LogP contribution in [0.1, 0.15) is 37.7 Å². The van der Waals surface area contributed by atoms with Crippen LogP contribution in [0.2, 0.25) is 0 Å². The number of pyridine rings is 2. The van der Waals surface area contributed by atoms with Gasteiger partial charge < -0.3 is 9.62 Å². The molecule has 1 aliphatic carbocycles. The van der Waals surface area contributed by atoms with E-state index in [-0.39, 0.29) is 5.95 Å². The lowest BCUT2D eigenvalue weighted by atomic mass is 9.95. The number of hydrogen-bond acceptors (Lipinski definition) is 8. The fraction of sp³-hybridized carbons (Fsp3) is 0.333. The summed E-state index contributed by atoms with van der Waals surface area (Å²) in [5.41, 5.74) is 4.80. The summed E-state index contributed by atoms with van der Waals surface area (Å²) in [6.07, 6.45) is 12.0. The number of nitrogens with one attached hydrogen (secondary N) is 2. The number of halogens is 2. The zero-order chi connectivity index (χ0) is 26.2. The Morgan fingerprint density at radius 3 is 2.49 bits per heavy atom. The average Bonchev–Trinajstić information content (AvgIpc) is 2.93. The molecule has 1 aromatic carbocycles. The van der Waals surface area contributed by atoms with Gasteiger partial charge in [0.05, 0.1) is 23.1 Å². The van der Waals surface area contributed by atoms with Gasteiger partial charge in [-0.3, -0.25) is 4.98 Å². The second kappa shape index (κ2) is 12.7. The summed E-state index contributed by atoms with van der Waals surface area (Å²) in [4.78, 5) is 19.6. The summed E-state index contributed by atoms with van der Waals surface area (Å²) in [5.74, 6) is -0.528. The molecule has 2 N–H and O–H groups in total. The van der Waals surface area contributed by atoms with E-state index in [1.807, 2.05) is 19.1 Å². The van der Waals surface area contributed by atoms with Crippen LogP contribution in [0.5, 0.6) is 0 Å². The van der Waals surface area contributed by atoms with Crippen LogP contribution in [0.3, 0.4) is 0 Å². The molecule has 1 aliphatic rings. The first kappa shape index (κ1) is 26.7. The van der Waals surface area contributed by atoms with Crippen LogP contribution in [0.4, 0.5) is 20.5 Å². The number of aryl methyl sites for hydroxylation is 1. The van der Waals surface area contributed by atoms with Gasteiger partial charge in [-0.25, -0.2) is 19.3 Å². The molecule has 0 saturated heterocycles. The number of anilines is 2. The fourth-order valence-corrected chi connectivity index (χ4v) is 4.91. The molecule has 3 heterocycles. The number of hydrogen-bond donors (Lipinski definition) is 2. The van der Waals surface area contributed by atoms with Gasteiger partial charge in [0.15, 0.2) is 0 Å². The van der Waals surface area contributed by atoms with Crippen LogP contribution in [0, 0.1) is 12.7 Å². The highest BCUT2D eigenvalue weighted by atomic mass is 32.2. The van der Waals surface area contributed by atoms with Gasteiger partial charge in [0.1, 0.15) is 11.3 Å². The van der Waals surface area contributed by atoms with E-state index in [4.69, 9.17) is 0 Å². The number of aromatic nitrogens is 4. The van der Waals surface area contributed by atoms with Gasteiger partial charge in [0, 0.05) is 28.9 Å². The van der Waals surface area contributed by atoms with E-state index in [0.717, 1.165) is 16.5 Å². The maximum Gasteiger partial charge on any atom is 0.251 e. The molecule has 0 radical (unpaired) electrons. The van der Waals surface area contributed by atoms with Crippen LogP contribution in [-0.4, -0.2) is 45.0 Å². The standard InChI is InChI=1S/C19H14F2N6S.C8H17N/c1-11-7-16(24-17-10-23-19(26-21)25-18(11)17)12-4-5-15(14(20)8-12)27-28-13-3-2-6-22-9-13;1-9(2)8-6-4-3-5-7-8/h2-10,27H,1H3,(H,23,25,26);8H,3-7H2,1-2H3. The van der Waals surface area contributed by atoms with E-state index in [0.29, 0.717) is 28.0 Å². The first-order chi connectivity index (χ1) is 17.9. The average molecular weight is 524 g/mol. The third kappa shape index (κ3) is 7.11. The largest absolute Gasteiger partial charge is 0.323 e. The summed E-state index contributed by atoms with van der Waals surface area (Å²) in [7, 11) is 4.38. The van der Waals surface area contributed by atoms with E-state index in [2.05, 4.69) is 43.7 Å². The second-order valence-corrected chi connectivity index (χ2v) is 10.1. The lowest BCUT2D eigenvalue weighted by molar-refractivity contribution is 0.229. The number of rotatable bonds is 6. The molecule has 4 aromatic rings. The van der Waals surface area contributed by atoms with Crippen molar-refractivity contribution in [2.75, 3.05) is 24.4 Å². The van der Waals surface area contributed by atoms with E-state index >= 15 is 0 Å². The molecule has 0 amide bonds. The Morgan fingerprint density at radius 2 is 1.84 bits per heavy atom. The topological polar surface area (TPSA) is 78.9 Å². The molecule has 0 unspecified atom stereocenters. The molecule has 1 fully saturated rings. The summed E-state index contributed by atoms with van der Waals surface area (Å²) < 4.78 is 30.1. The quantitative estimate of drug-likeness (QED) is 0.210. The maximum atomic E-state index is 14.6. The first-order valence-corrected chi connectivity index (χ1v) is 13.1. The van der Waals surface area contributed by atoms with E-state index in [1.54, 1.807) is 30.6 Å². The van der Waals surface area contributed by atoms with Gasteiger partial charge in [0.25, 0.3) is 5.95 Å². The highest BCUT2D eigenvalue weighted by Gasteiger charge is 2.14. The van der Waals surface area contributed by atoms with E-state index in [9.17, 15) is 8.87 Å². The molecule has 7 nitrogen and oxygen atoms in total. The van der Waals surface area contributed by atoms with Gasteiger partial charge in [-0.1, -0.05) is 25.3 Å². The molecule has 3 aromatic heterocycles. The molecule has 10 heteroatoms. The minimum atomic E-state index is -0.401. The SMILES string of the molecule is CN(C)C1CCCCC1.Cc1cc(-c2ccc(NSc3cccnc3)c(F)c2)nc2cnc(NF)nc12. The van der Waals surface area contributed by atoms with Crippen LogP contribution < -0.4 is 10.3 Å². The third-order valence-electron chi connectivity index (χ3n) is 6.30. The summed E-state index contributed by atoms with van der Waals surface area (Å²) >= 11 is 1.28. The monoisotopic (exact) mass is 523 g/mol. The zero-order valence-electron chi connectivity index (χ0n) is 21.2. The Hall–Kier alpha value is -3.37.